The van der Waals surface area contributed by atoms with Crippen molar-refractivity contribution in [1.82, 2.24) is 0 Å². The van der Waals surface area contributed by atoms with Crippen LogP contribution in [0.25, 0.3) is 10.8 Å². The predicted octanol–water partition coefficient (Wildman–Crippen LogP) is 3.88. The summed E-state index contributed by atoms with van der Waals surface area (Å²) in [4.78, 5) is 0. The van der Waals surface area contributed by atoms with E-state index >= 15 is 0 Å². The Labute approximate surface area is 177 Å². The molecule has 0 spiro atoms. The molecule has 0 aromatic heterocycles. The van der Waals surface area contributed by atoms with E-state index in [0.29, 0.717) is 5.69 Å². The normalized spacial score (nSPS) is 11.5. The molecule has 0 bridgehead atoms. The summed E-state index contributed by atoms with van der Waals surface area (Å²) in [6.45, 7) is 0. The lowest BCUT2D eigenvalue weighted by atomic mass is 10.1. The minimum atomic E-state index is -4.33. The number of alkyl halides is 3. The van der Waals surface area contributed by atoms with Gasteiger partial charge < -0.3 is 5.73 Å². The third-order valence-electron chi connectivity index (χ3n) is 4.91. The van der Waals surface area contributed by atoms with Gasteiger partial charge in [-0.25, -0.2) is 21.7 Å². The summed E-state index contributed by atoms with van der Waals surface area (Å²) >= 11 is 0. The fourth-order valence-corrected chi connectivity index (χ4v) is 3.23. The van der Waals surface area contributed by atoms with Crippen molar-refractivity contribution in [2.45, 2.75) is 6.18 Å². The first kappa shape index (κ1) is 20.5. The summed E-state index contributed by atoms with van der Waals surface area (Å²) in [5.41, 5.74) is 19.5. The average Bonchev–Trinajstić information content (AvgIpc) is 2.78. The number of fused-ring (bicyclic) bond motifs is 1. The molecule has 0 unspecified atom stereocenters. The van der Waals surface area contributed by atoms with Crippen LogP contribution in [-0.2, 0) is 6.18 Å². The zero-order chi connectivity index (χ0) is 21.8. The van der Waals surface area contributed by atoms with Crippen molar-refractivity contribution in [3.05, 3.63) is 90.5 Å². The first-order valence-electron chi connectivity index (χ1n) is 9.64. The van der Waals surface area contributed by atoms with Crippen molar-refractivity contribution < 1.29 is 24.0 Å². The van der Waals surface area contributed by atoms with E-state index in [1.54, 1.807) is 5.43 Å². The van der Waals surface area contributed by atoms with Crippen LogP contribution in [0.3, 0.4) is 0 Å². The SMILES string of the molecule is Nc1ccc([NH2+]Nc2ccc([NH2+]Nc3ccc(C(F)(F)F)cc3)cc2)c2ccccc12. The van der Waals surface area contributed by atoms with E-state index in [-0.39, 0.29) is 0 Å². The highest BCUT2D eigenvalue weighted by Gasteiger charge is 2.29. The lowest BCUT2D eigenvalue weighted by Gasteiger charge is -2.10. The molecule has 0 radical (unpaired) electrons. The molecule has 0 saturated heterocycles. The molecular formula is C23H22F3N5+2. The number of benzene rings is 4. The third kappa shape index (κ3) is 4.88. The topological polar surface area (TPSA) is 83.3 Å². The summed E-state index contributed by atoms with van der Waals surface area (Å²) < 4.78 is 37.9. The monoisotopic (exact) mass is 425 g/mol. The Morgan fingerprint density at radius 1 is 0.645 bits per heavy atom. The van der Waals surface area contributed by atoms with Gasteiger partial charge in [-0.3, -0.25) is 0 Å². The van der Waals surface area contributed by atoms with Gasteiger partial charge >= 0.3 is 6.18 Å². The average molecular weight is 425 g/mol. The molecule has 0 atom stereocenters. The van der Waals surface area contributed by atoms with Gasteiger partial charge in [0, 0.05) is 34.7 Å². The van der Waals surface area contributed by atoms with Crippen LogP contribution >= 0.6 is 0 Å². The summed E-state index contributed by atoms with van der Waals surface area (Å²) in [5.74, 6) is 0. The smallest absolute Gasteiger partial charge is 0.398 e. The molecule has 8 N–H and O–H groups in total. The van der Waals surface area contributed by atoms with E-state index in [2.05, 4.69) is 10.9 Å². The van der Waals surface area contributed by atoms with Gasteiger partial charge in [-0.2, -0.15) is 13.2 Å². The molecule has 0 fully saturated rings. The van der Waals surface area contributed by atoms with Crippen molar-refractivity contribution in [2.24, 2.45) is 0 Å². The summed E-state index contributed by atoms with van der Waals surface area (Å²) in [5, 5.41) is 2.08. The number of rotatable bonds is 6. The van der Waals surface area contributed by atoms with Crippen LogP contribution in [0.1, 0.15) is 5.56 Å². The lowest BCUT2D eigenvalue weighted by Crippen LogP contribution is -2.83. The maximum absolute atomic E-state index is 12.6. The highest BCUT2D eigenvalue weighted by Crippen LogP contribution is 2.29. The number of halogens is 3. The van der Waals surface area contributed by atoms with Gasteiger partial charge in [-0.15, -0.1) is 0 Å². The molecule has 4 aromatic carbocycles. The van der Waals surface area contributed by atoms with Crippen molar-refractivity contribution in [3.63, 3.8) is 0 Å². The van der Waals surface area contributed by atoms with E-state index in [0.717, 1.165) is 45.7 Å². The summed E-state index contributed by atoms with van der Waals surface area (Å²) in [6.07, 6.45) is -4.33. The second-order valence-electron chi connectivity index (χ2n) is 7.06. The van der Waals surface area contributed by atoms with Crippen LogP contribution in [0, 0.1) is 0 Å². The predicted molar refractivity (Wildman–Crippen MR) is 117 cm³/mol. The van der Waals surface area contributed by atoms with Gasteiger partial charge in [-0.05, 0) is 48.5 Å². The second-order valence-corrected chi connectivity index (χ2v) is 7.06. The van der Waals surface area contributed by atoms with Crippen molar-refractivity contribution in [2.75, 3.05) is 16.6 Å². The molecule has 4 aromatic rings. The van der Waals surface area contributed by atoms with Gasteiger partial charge in [-0.1, -0.05) is 18.2 Å². The van der Waals surface area contributed by atoms with E-state index in [1.165, 1.54) is 12.1 Å². The number of anilines is 3. The molecule has 8 heteroatoms. The zero-order valence-corrected chi connectivity index (χ0v) is 16.4. The fraction of sp³-hybridized carbons (Fsp3) is 0.0435. The van der Waals surface area contributed by atoms with Crippen LogP contribution < -0.4 is 27.4 Å². The molecule has 4 rings (SSSR count). The van der Waals surface area contributed by atoms with Crippen LogP contribution in [0.15, 0.2) is 84.9 Å². The summed E-state index contributed by atoms with van der Waals surface area (Å²) in [7, 11) is 0. The molecule has 0 heterocycles. The Hall–Kier alpha value is -3.75. The van der Waals surface area contributed by atoms with Gasteiger partial charge in [0.2, 0.25) is 0 Å². The minimum absolute atomic E-state index is 0.582. The Kier molecular flexibility index (Phi) is 5.66. The van der Waals surface area contributed by atoms with Crippen molar-refractivity contribution in [3.8, 4) is 0 Å². The Balaban J connectivity index is 1.35. The molecule has 0 aliphatic rings. The van der Waals surface area contributed by atoms with Gasteiger partial charge in [0.1, 0.15) is 0 Å². The number of quaternary nitrogens is 2. The molecule has 158 valence electrons. The maximum atomic E-state index is 12.6. The maximum Gasteiger partial charge on any atom is 0.416 e. The molecule has 0 aliphatic heterocycles. The molecule has 0 amide bonds. The van der Waals surface area contributed by atoms with Crippen LogP contribution in [0.4, 0.5) is 41.6 Å². The number of hydrogen-bond acceptors (Lipinski definition) is 3. The van der Waals surface area contributed by atoms with Crippen LogP contribution in [0.2, 0.25) is 0 Å². The number of nitrogens with one attached hydrogen (secondary N) is 2. The molecule has 31 heavy (non-hydrogen) atoms. The van der Waals surface area contributed by atoms with Crippen LogP contribution in [-0.4, -0.2) is 0 Å². The van der Waals surface area contributed by atoms with Gasteiger partial charge in [0.25, 0.3) is 0 Å². The van der Waals surface area contributed by atoms with Gasteiger partial charge in [0.05, 0.1) is 16.9 Å². The lowest BCUT2D eigenvalue weighted by molar-refractivity contribution is -0.538. The Morgan fingerprint density at radius 2 is 1.23 bits per heavy atom. The second kappa shape index (κ2) is 8.55. The number of nitrogen functional groups attached to an aromatic ring is 3. The van der Waals surface area contributed by atoms with E-state index in [9.17, 15) is 13.2 Å². The zero-order valence-electron chi connectivity index (χ0n) is 16.4. The summed E-state index contributed by atoms with van der Waals surface area (Å²) in [6, 6.07) is 24.4. The van der Waals surface area contributed by atoms with Crippen molar-refractivity contribution >= 4 is 39.2 Å². The van der Waals surface area contributed by atoms with E-state index in [4.69, 9.17) is 5.73 Å². The Bertz CT molecular complexity index is 1170. The molecule has 0 aliphatic carbocycles. The molecule has 5 nitrogen and oxygen atoms in total. The quantitative estimate of drug-likeness (QED) is 0.185. The third-order valence-corrected chi connectivity index (χ3v) is 4.91. The minimum Gasteiger partial charge on any atom is -0.398 e. The van der Waals surface area contributed by atoms with Gasteiger partial charge in [0.15, 0.2) is 11.4 Å². The van der Waals surface area contributed by atoms with E-state index < -0.39 is 11.7 Å². The highest BCUT2D eigenvalue weighted by atomic mass is 19.4. The highest BCUT2D eigenvalue weighted by molar-refractivity contribution is 5.98. The standard InChI is InChI=1S/C23H20F3N5/c24-23(25,26)15-5-7-16(8-6-15)28-29-17-9-11-18(12-10-17)30-31-22-14-13-21(27)19-3-1-2-4-20(19)22/h1-14,28-31H,27H2/p+2. The largest absolute Gasteiger partial charge is 0.416 e. The first-order chi connectivity index (χ1) is 14.9. The number of hydrogen-bond donors (Lipinski definition) is 5. The Morgan fingerprint density at radius 3 is 1.87 bits per heavy atom. The van der Waals surface area contributed by atoms with Crippen LogP contribution in [0.5, 0.6) is 0 Å². The van der Waals surface area contributed by atoms with E-state index in [1.807, 2.05) is 66.1 Å². The molecular weight excluding hydrogens is 403 g/mol. The fourth-order valence-electron chi connectivity index (χ4n) is 3.23. The molecule has 0 saturated carbocycles. The first-order valence-corrected chi connectivity index (χ1v) is 9.64. The number of nitrogens with two attached hydrogens (primary N) is 3. The van der Waals surface area contributed by atoms with Crippen molar-refractivity contribution in [1.29, 1.82) is 0 Å².